The third-order valence-electron chi connectivity index (χ3n) is 2.35. The number of anilines is 1. The molecule has 0 radical (unpaired) electrons. The second-order valence-corrected chi connectivity index (χ2v) is 3.90. The van der Waals surface area contributed by atoms with Gasteiger partial charge in [0, 0.05) is 25.6 Å². The van der Waals surface area contributed by atoms with Crippen LogP contribution < -0.4 is 10.6 Å². The Kier molecular flexibility index (Phi) is 3.23. The number of rotatable bonds is 3. The van der Waals surface area contributed by atoms with Crippen LogP contribution in [0.3, 0.4) is 0 Å². The molecule has 1 fully saturated rings. The zero-order valence-electron chi connectivity index (χ0n) is 8.98. The third-order valence-corrected chi connectivity index (χ3v) is 2.35. The zero-order chi connectivity index (χ0) is 10.7. The van der Waals surface area contributed by atoms with Gasteiger partial charge in [0.05, 0.1) is 18.9 Å². The molecule has 0 saturated carbocycles. The smallest absolute Gasteiger partial charge is 0.297 e. The topological polar surface area (TPSA) is 64.5 Å². The van der Waals surface area contributed by atoms with Crippen molar-refractivity contribution in [1.82, 2.24) is 4.98 Å². The normalized spacial score (nSPS) is 19.2. The van der Waals surface area contributed by atoms with Gasteiger partial charge >= 0.3 is 0 Å². The summed E-state index contributed by atoms with van der Waals surface area (Å²) in [5.74, 6) is 0. The molecule has 84 valence electrons. The van der Waals surface area contributed by atoms with Gasteiger partial charge in [-0.25, -0.2) is 0 Å². The maximum Gasteiger partial charge on any atom is 0.297 e. The molecule has 0 amide bonds. The van der Waals surface area contributed by atoms with Crippen LogP contribution in [0.4, 0.5) is 6.01 Å². The lowest BCUT2D eigenvalue weighted by Crippen LogP contribution is -2.36. The Bertz CT molecular complexity index is 305. The highest BCUT2D eigenvalue weighted by Gasteiger charge is 2.16. The molecular formula is C10H17N3O2. The molecule has 0 spiro atoms. The van der Waals surface area contributed by atoms with E-state index >= 15 is 0 Å². The van der Waals surface area contributed by atoms with E-state index in [2.05, 4.69) is 9.88 Å². The molecule has 2 rings (SSSR count). The Balaban J connectivity index is 1.99. The Hall–Kier alpha value is -1.07. The van der Waals surface area contributed by atoms with Crippen molar-refractivity contribution in [2.75, 3.05) is 31.2 Å². The summed E-state index contributed by atoms with van der Waals surface area (Å²) in [7, 11) is 0. The number of morpholine rings is 1. The summed E-state index contributed by atoms with van der Waals surface area (Å²) in [5.41, 5.74) is 6.62. The van der Waals surface area contributed by atoms with Crippen molar-refractivity contribution in [2.24, 2.45) is 5.73 Å². The summed E-state index contributed by atoms with van der Waals surface area (Å²) in [5, 5.41) is 0. The molecule has 0 aromatic carbocycles. The summed E-state index contributed by atoms with van der Waals surface area (Å²) < 4.78 is 10.7. The number of nitrogens with zero attached hydrogens (tertiary/aromatic N) is 2. The minimum absolute atomic E-state index is 0.118. The van der Waals surface area contributed by atoms with Crippen LogP contribution in [0.15, 0.2) is 10.7 Å². The maximum atomic E-state index is 5.70. The first-order chi connectivity index (χ1) is 7.25. The first-order valence-corrected chi connectivity index (χ1v) is 5.28. The molecule has 2 heterocycles. The maximum absolute atomic E-state index is 5.70. The van der Waals surface area contributed by atoms with Gasteiger partial charge in [0.2, 0.25) is 0 Å². The van der Waals surface area contributed by atoms with Gasteiger partial charge in [-0.3, -0.25) is 0 Å². The molecule has 0 bridgehead atoms. The second-order valence-electron chi connectivity index (χ2n) is 3.90. The number of nitrogens with two attached hydrogens (primary N) is 1. The van der Waals surface area contributed by atoms with E-state index in [0.29, 0.717) is 6.01 Å². The van der Waals surface area contributed by atoms with Gasteiger partial charge in [0.15, 0.2) is 0 Å². The molecule has 5 heteroatoms. The molecule has 1 aliphatic heterocycles. The standard InChI is InChI=1S/C10H17N3O2/c1-8(11)6-9-7-15-10(12-9)13-2-4-14-5-3-13/h7-8H,2-6,11H2,1H3. The minimum atomic E-state index is 0.118. The Morgan fingerprint density at radius 2 is 2.27 bits per heavy atom. The predicted molar refractivity (Wildman–Crippen MR) is 56.9 cm³/mol. The molecule has 0 aliphatic carbocycles. The summed E-state index contributed by atoms with van der Waals surface area (Å²) in [6, 6.07) is 0.807. The molecule has 1 saturated heterocycles. The lowest BCUT2D eigenvalue weighted by Gasteiger charge is -2.24. The van der Waals surface area contributed by atoms with Gasteiger partial charge in [-0.05, 0) is 6.92 Å². The van der Waals surface area contributed by atoms with E-state index in [-0.39, 0.29) is 6.04 Å². The van der Waals surface area contributed by atoms with E-state index < -0.39 is 0 Å². The average molecular weight is 211 g/mol. The second kappa shape index (κ2) is 4.63. The van der Waals surface area contributed by atoms with E-state index in [9.17, 15) is 0 Å². The van der Waals surface area contributed by atoms with Crippen LogP contribution in [-0.4, -0.2) is 37.3 Å². The SMILES string of the molecule is CC(N)Cc1coc(N2CCOCC2)n1. The molecule has 15 heavy (non-hydrogen) atoms. The summed E-state index contributed by atoms with van der Waals surface area (Å²) >= 11 is 0. The fourth-order valence-electron chi connectivity index (χ4n) is 1.62. The van der Waals surface area contributed by atoms with Gasteiger partial charge in [0.25, 0.3) is 6.01 Å². The highest BCUT2D eigenvalue weighted by molar-refractivity contribution is 5.27. The number of oxazole rings is 1. The summed E-state index contributed by atoms with van der Waals surface area (Å²) in [6.07, 6.45) is 2.45. The quantitative estimate of drug-likeness (QED) is 0.784. The van der Waals surface area contributed by atoms with E-state index in [1.54, 1.807) is 6.26 Å². The van der Waals surface area contributed by atoms with Crippen molar-refractivity contribution < 1.29 is 9.15 Å². The van der Waals surface area contributed by atoms with Crippen LogP contribution in [0.1, 0.15) is 12.6 Å². The number of hydrogen-bond acceptors (Lipinski definition) is 5. The van der Waals surface area contributed by atoms with E-state index in [1.165, 1.54) is 0 Å². The van der Waals surface area contributed by atoms with Gasteiger partial charge in [-0.1, -0.05) is 0 Å². The lowest BCUT2D eigenvalue weighted by atomic mass is 10.2. The van der Waals surface area contributed by atoms with Gasteiger partial charge in [0.1, 0.15) is 6.26 Å². The molecule has 1 aliphatic rings. The van der Waals surface area contributed by atoms with Gasteiger partial charge < -0.3 is 19.8 Å². The van der Waals surface area contributed by atoms with Crippen LogP contribution in [0.2, 0.25) is 0 Å². The average Bonchev–Trinajstić information content (AvgIpc) is 2.67. The van der Waals surface area contributed by atoms with Gasteiger partial charge in [-0.2, -0.15) is 4.98 Å². The molecule has 5 nitrogen and oxygen atoms in total. The molecule has 1 aromatic rings. The summed E-state index contributed by atoms with van der Waals surface area (Å²) in [4.78, 5) is 6.49. The number of ether oxygens (including phenoxy) is 1. The van der Waals surface area contributed by atoms with Crippen LogP contribution >= 0.6 is 0 Å². The minimum Gasteiger partial charge on any atom is -0.432 e. The van der Waals surface area contributed by atoms with Crippen molar-refractivity contribution in [3.63, 3.8) is 0 Å². The highest BCUT2D eigenvalue weighted by Crippen LogP contribution is 2.15. The van der Waals surface area contributed by atoms with E-state index in [0.717, 1.165) is 38.4 Å². The highest BCUT2D eigenvalue weighted by atomic mass is 16.5. The van der Waals surface area contributed by atoms with E-state index in [4.69, 9.17) is 14.9 Å². The molecule has 2 N–H and O–H groups in total. The molecule has 1 atom stereocenters. The lowest BCUT2D eigenvalue weighted by molar-refractivity contribution is 0.120. The van der Waals surface area contributed by atoms with Crippen molar-refractivity contribution in [3.8, 4) is 0 Å². The Morgan fingerprint density at radius 3 is 2.93 bits per heavy atom. The Morgan fingerprint density at radius 1 is 1.53 bits per heavy atom. The van der Waals surface area contributed by atoms with Crippen molar-refractivity contribution in [2.45, 2.75) is 19.4 Å². The fraction of sp³-hybridized carbons (Fsp3) is 0.700. The molecule has 1 unspecified atom stereocenters. The largest absolute Gasteiger partial charge is 0.432 e. The van der Waals surface area contributed by atoms with Crippen molar-refractivity contribution in [1.29, 1.82) is 0 Å². The van der Waals surface area contributed by atoms with Crippen LogP contribution in [0.25, 0.3) is 0 Å². The third kappa shape index (κ3) is 2.70. The van der Waals surface area contributed by atoms with Crippen LogP contribution in [0, 0.1) is 0 Å². The molecular weight excluding hydrogens is 194 g/mol. The number of hydrogen-bond donors (Lipinski definition) is 1. The van der Waals surface area contributed by atoms with Crippen LogP contribution in [-0.2, 0) is 11.2 Å². The van der Waals surface area contributed by atoms with E-state index in [1.807, 2.05) is 6.92 Å². The molecule has 1 aromatic heterocycles. The first kappa shape index (κ1) is 10.4. The summed E-state index contributed by atoms with van der Waals surface area (Å²) in [6.45, 7) is 5.13. The Labute approximate surface area is 89.2 Å². The predicted octanol–water partition coefficient (Wildman–Crippen LogP) is 0.401. The van der Waals surface area contributed by atoms with Crippen molar-refractivity contribution in [3.05, 3.63) is 12.0 Å². The van der Waals surface area contributed by atoms with Crippen LogP contribution in [0.5, 0.6) is 0 Å². The monoisotopic (exact) mass is 211 g/mol. The van der Waals surface area contributed by atoms with Gasteiger partial charge in [-0.15, -0.1) is 0 Å². The zero-order valence-corrected chi connectivity index (χ0v) is 8.98. The fourth-order valence-corrected chi connectivity index (χ4v) is 1.62. The van der Waals surface area contributed by atoms with Crippen molar-refractivity contribution >= 4 is 6.01 Å². The first-order valence-electron chi connectivity index (χ1n) is 5.28. The number of aromatic nitrogens is 1.